The molecule has 2 aromatic rings. The monoisotopic (exact) mass is 324 g/mol. The molecule has 0 radical (unpaired) electrons. The van der Waals surface area contributed by atoms with Gasteiger partial charge in [0.25, 0.3) is 0 Å². The van der Waals surface area contributed by atoms with Crippen LogP contribution >= 0.6 is 0 Å². The van der Waals surface area contributed by atoms with Crippen molar-refractivity contribution in [3.05, 3.63) is 47.5 Å². The second kappa shape index (κ2) is 6.38. The molecule has 1 aromatic heterocycles. The van der Waals surface area contributed by atoms with E-state index in [1.807, 2.05) is 16.5 Å². The zero-order valence-corrected chi connectivity index (χ0v) is 14.2. The van der Waals surface area contributed by atoms with Crippen LogP contribution in [-0.4, -0.2) is 38.7 Å². The Morgan fingerprint density at radius 2 is 2.00 bits per heavy atom. The van der Waals surface area contributed by atoms with Crippen LogP contribution in [-0.2, 0) is 18.3 Å². The standard InChI is InChI=1S/C19H24N4O/c1-22-13-20-21-19(22)15-8-10-23(11-9-15)18(24)12-16-7-6-14-4-2-3-5-17(14)16/h2-5,13,15-16H,6-12H2,1H3/t16-/m1/s1. The average Bonchev–Trinajstić information content (AvgIpc) is 3.22. The second-order valence-corrected chi connectivity index (χ2v) is 7.09. The summed E-state index contributed by atoms with van der Waals surface area (Å²) >= 11 is 0. The third-order valence-corrected chi connectivity index (χ3v) is 5.64. The van der Waals surface area contributed by atoms with Crippen LogP contribution in [0.4, 0.5) is 0 Å². The molecule has 2 heterocycles. The molecular weight excluding hydrogens is 300 g/mol. The van der Waals surface area contributed by atoms with E-state index >= 15 is 0 Å². The smallest absolute Gasteiger partial charge is 0.223 e. The van der Waals surface area contributed by atoms with Crippen molar-refractivity contribution in [3.63, 3.8) is 0 Å². The molecule has 24 heavy (non-hydrogen) atoms. The summed E-state index contributed by atoms with van der Waals surface area (Å²) in [5.74, 6) is 2.19. The lowest BCUT2D eigenvalue weighted by atomic mass is 9.93. The number of nitrogens with zero attached hydrogens (tertiary/aromatic N) is 4. The number of hydrogen-bond acceptors (Lipinski definition) is 3. The van der Waals surface area contributed by atoms with Gasteiger partial charge in [-0.15, -0.1) is 10.2 Å². The van der Waals surface area contributed by atoms with Crippen molar-refractivity contribution in [1.29, 1.82) is 0 Å². The molecule has 0 unspecified atom stereocenters. The summed E-state index contributed by atoms with van der Waals surface area (Å²) in [7, 11) is 1.99. The van der Waals surface area contributed by atoms with E-state index in [0.29, 0.717) is 24.2 Å². The van der Waals surface area contributed by atoms with Crippen molar-refractivity contribution in [1.82, 2.24) is 19.7 Å². The molecule has 4 rings (SSSR count). The number of rotatable bonds is 3. The minimum Gasteiger partial charge on any atom is -0.343 e. The Balaban J connectivity index is 1.35. The van der Waals surface area contributed by atoms with Crippen LogP contribution in [0.5, 0.6) is 0 Å². The molecule has 2 aliphatic rings. The first-order valence-electron chi connectivity index (χ1n) is 8.92. The second-order valence-electron chi connectivity index (χ2n) is 7.09. The number of benzene rings is 1. The zero-order valence-electron chi connectivity index (χ0n) is 14.2. The Labute approximate surface area is 142 Å². The van der Waals surface area contributed by atoms with E-state index in [-0.39, 0.29) is 0 Å². The number of aryl methyl sites for hydroxylation is 2. The molecule has 0 N–H and O–H groups in total. The highest BCUT2D eigenvalue weighted by Crippen LogP contribution is 2.36. The Morgan fingerprint density at radius 1 is 1.21 bits per heavy atom. The van der Waals surface area contributed by atoms with Crippen molar-refractivity contribution >= 4 is 5.91 Å². The van der Waals surface area contributed by atoms with E-state index < -0.39 is 0 Å². The fraction of sp³-hybridized carbons (Fsp3) is 0.526. The molecule has 1 fully saturated rings. The lowest BCUT2D eigenvalue weighted by molar-refractivity contribution is -0.132. The Bertz CT molecular complexity index is 730. The van der Waals surface area contributed by atoms with Gasteiger partial charge in [-0.1, -0.05) is 24.3 Å². The van der Waals surface area contributed by atoms with Gasteiger partial charge in [0.2, 0.25) is 5.91 Å². The maximum atomic E-state index is 12.7. The number of carbonyl (C=O) groups excluding carboxylic acids is 1. The highest BCUT2D eigenvalue weighted by molar-refractivity contribution is 5.77. The van der Waals surface area contributed by atoms with Crippen molar-refractivity contribution in [2.24, 2.45) is 7.05 Å². The van der Waals surface area contributed by atoms with Gasteiger partial charge in [0.15, 0.2) is 0 Å². The first-order valence-corrected chi connectivity index (χ1v) is 8.92. The first kappa shape index (κ1) is 15.4. The van der Waals surface area contributed by atoms with Gasteiger partial charge in [0, 0.05) is 32.5 Å². The first-order chi connectivity index (χ1) is 11.7. The molecule has 0 spiro atoms. The van der Waals surface area contributed by atoms with Gasteiger partial charge in [0.1, 0.15) is 12.2 Å². The molecule has 1 aliphatic heterocycles. The van der Waals surface area contributed by atoms with Crippen LogP contribution in [0.25, 0.3) is 0 Å². The van der Waals surface area contributed by atoms with E-state index in [0.717, 1.165) is 44.6 Å². The third-order valence-electron chi connectivity index (χ3n) is 5.64. The summed E-state index contributed by atoms with van der Waals surface area (Å²) in [6.45, 7) is 1.68. The molecule has 126 valence electrons. The Morgan fingerprint density at radius 3 is 2.75 bits per heavy atom. The number of likely N-dealkylation sites (tertiary alicyclic amines) is 1. The van der Waals surface area contributed by atoms with Crippen LogP contribution in [0, 0.1) is 0 Å². The summed E-state index contributed by atoms with van der Waals surface area (Å²) in [4.78, 5) is 14.8. The quantitative estimate of drug-likeness (QED) is 0.872. The average molecular weight is 324 g/mol. The molecule has 0 saturated carbocycles. The summed E-state index contributed by atoms with van der Waals surface area (Å²) < 4.78 is 2.00. The van der Waals surface area contributed by atoms with Gasteiger partial charge < -0.3 is 9.47 Å². The summed E-state index contributed by atoms with van der Waals surface area (Å²) in [6.07, 6.45) is 6.61. The van der Waals surface area contributed by atoms with E-state index in [1.54, 1.807) is 6.33 Å². The normalized spacial score (nSPS) is 21.0. The molecule has 1 atom stereocenters. The Hall–Kier alpha value is -2.17. The number of fused-ring (bicyclic) bond motifs is 1. The lowest BCUT2D eigenvalue weighted by Crippen LogP contribution is -2.38. The largest absolute Gasteiger partial charge is 0.343 e. The molecule has 0 bridgehead atoms. The highest BCUT2D eigenvalue weighted by Gasteiger charge is 2.29. The van der Waals surface area contributed by atoms with Gasteiger partial charge in [-0.3, -0.25) is 4.79 Å². The van der Waals surface area contributed by atoms with Crippen molar-refractivity contribution in [2.45, 2.75) is 43.9 Å². The van der Waals surface area contributed by atoms with E-state index in [9.17, 15) is 4.79 Å². The zero-order chi connectivity index (χ0) is 16.5. The Kier molecular flexibility index (Phi) is 4.08. The van der Waals surface area contributed by atoms with Gasteiger partial charge in [-0.2, -0.15) is 0 Å². The van der Waals surface area contributed by atoms with Crippen molar-refractivity contribution in [3.8, 4) is 0 Å². The molecule has 1 aromatic carbocycles. The molecular formula is C19H24N4O. The molecule has 5 nitrogen and oxygen atoms in total. The highest BCUT2D eigenvalue weighted by atomic mass is 16.2. The fourth-order valence-corrected chi connectivity index (χ4v) is 4.25. The number of amides is 1. The van der Waals surface area contributed by atoms with E-state index in [4.69, 9.17) is 0 Å². The van der Waals surface area contributed by atoms with Crippen LogP contribution < -0.4 is 0 Å². The topological polar surface area (TPSA) is 51.0 Å². The number of carbonyl (C=O) groups is 1. The summed E-state index contributed by atoms with van der Waals surface area (Å²) in [5, 5.41) is 8.20. The van der Waals surface area contributed by atoms with Gasteiger partial charge >= 0.3 is 0 Å². The molecule has 1 aliphatic carbocycles. The minimum absolute atomic E-state index is 0.313. The maximum Gasteiger partial charge on any atom is 0.223 e. The van der Waals surface area contributed by atoms with Gasteiger partial charge in [0.05, 0.1) is 0 Å². The van der Waals surface area contributed by atoms with Crippen molar-refractivity contribution < 1.29 is 4.79 Å². The minimum atomic E-state index is 0.313. The van der Waals surface area contributed by atoms with Gasteiger partial charge in [-0.25, -0.2) is 0 Å². The maximum absolute atomic E-state index is 12.7. The molecule has 1 saturated heterocycles. The van der Waals surface area contributed by atoms with Crippen LogP contribution in [0.3, 0.4) is 0 Å². The van der Waals surface area contributed by atoms with Crippen molar-refractivity contribution in [2.75, 3.05) is 13.1 Å². The van der Waals surface area contributed by atoms with E-state index in [1.165, 1.54) is 11.1 Å². The summed E-state index contributed by atoms with van der Waals surface area (Å²) in [5.41, 5.74) is 2.82. The SMILES string of the molecule is Cn1cnnc1C1CCN(C(=O)C[C@H]2CCc3ccccc32)CC1. The van der Waals surface area contributed by atoms with Crippen LogP contribution in [0.15, 0.2) is 30.6 Å². The summed E-state index contributed by atoms with van der Waals surface area (Å²) in [6, 6.07) is 8.58. The number of aromatic nitrogens is 3. The third kappa shape index (κ3) is 2.83. The fourth-order valence-electron chi connectivity index (χ4n) is 4.25. The van der Waals surface area contributed by atoms with Gasteiger partial charge in [-0.05, 0) is 42.7 Å². The number of piperidine rings is 1. The predicted octanol–water partition coefficient (Wildman–Crippen LogP) is 2.64. The van der Waals surface area contributed by atoms with E-state index in [2.05, 4.69) is 34.5 Å². The number of hydrogen-bond donors (Lipinski definition) is 0. The van der Waals surface area contributed by atoms with Crippen LogP contribution in [0.2, 0.25) is 0 Å². The molecule has 1 amide bonds. The lowest BCUT2D eigenvalue weighted by Gasteiger charge is -2.32. The van der Waals surface area contributed by atoms with Crippen LogP contribution in [0.1, 0.15) is 54.5 Å². The predicted molar refractivity (Wildman–Crippen MR) is 91.7 cm³/mol. The molecule has 5 heteroatoms.